The highest BCUT2D eigenvalue weighted by molar-refractivity contribution is 5.95. The summed E-state index contributed by atoms with van der Waals surface area (Å²) in [6, 6.07) is 9.68. The third-order valence-corrected chi connectivity index (χ3v) is 3.83. The molecule has 0 aromatic heterocycles. The first-order valence-electron chi connectivity index (χ1n) is 7.36. The van der Waals surface area contributed by atoms with Gasteiger partial charge in [-0.05, 0) is 30.3 Å². The Labute approximate surface area is 145 Å². The first kappa shape index (κ1) is 17.7. The number of nitrogens with two attached hydrogens (primary N) is 1. The number of rotatable bonds is 2. The number of carbonyl (C=O) groups is 1. The molecule has 2 aromatic carbocycles. The SMILES string of the molecule is Nc1cccc(C(=O)N2NC(C(F)(F)F)=CC2(O)c2ccc(F)cc2)c1. The number of nitrogen functional groups attached to an aromatic ring is 1. The maximum Gasteiger partial charge on any atom is 0.432 e. The molecule has 1 amide bonds. The van der Waals surface area contributed by atoms with E-state index in [1.54, 1.807) is 0 Å². The van der Waals surface area contributed by atoms with E-state index < -0.39 is 29.3 Å². The molecule has 136 valence electrons. The molecular weight excluding hydrogens is 354 g/mol. The average molecular weight is 367 g/mol. The number of hydrogen-bond donors (Lipinski definition) is 3. The predicted octanol–water partition coefficient (Wildman–Crippen LogP) is 2.66. The average Bonchev–Trinajstić information content (AvgIpc) is 2.94. The molecule has 5 nitrogen and oxygen atoms in total. The summed E-state index contributed by atoms with van der Waals surface area (Å²) in [5.74, 6) is -1.59. The fourth-order valence-electron chi connectivity index (χ4n) is 2.56. The van der Waals surface area contributed by atoms with Gasteiger partial charge < -0.3 is 10.8 Å². The molecule has 26 heavy (non-hydrogen) atoms. The normalized spacial score (nSPS) is 19.9. The molecule has 0 spiro atoms. The van der Waals surface area contributed by atoms with Crippen molar-refractivity contribution in [2.45, 2.75) is 11.9 Å². The minimum Gasteiger partial charge on any atom is -0.399 e. The molecule has 0 bridgehead atoms. The van der Waals surface area contributed by atoms with Crippen molar-refractivity contribution in [1.82, 2.24) is 10.4 Å². The second-order valence-corrected chi connectivity index (χ2v) is 5.67. The van der Waals surface area contributed by atoms with E-state index >= 15 is 0 Å². The van der Waals surface area contributed by atoms with Crippen molar-refractivity contribution in [1.29, 1.82) is 0 Å². The molecule has 1 atom stereocenters. The Kier molecular flexibility index (Phi) is 4.11. The summed E-state index contributed by atoms with van der Waals surface area (Å²) >= 11 is 0. The van der Waals surface area contributed by atoms with Gasteiger partial charge in [0, 0.05) is 22.9 Å². The lowest BCUT2D eigenvalue weighted by Gasteiger charge is -2.33. The standard InChI is InChI=1S/C17H13F4N3O2/c18-12-6-4-11(5-7-12)16(26)9-14(17(19,20)21)23-24(16)15(25)10-2-1-3-13(22)8-10/h1-9,23,26H,22H2. The first-order valence-corrected chi connectivity index (χ1v) is 7.36. The van der Waals surface area contributed by atoms with Crippen LogP contribution in [0.15, 0.2) is 60.3 Å². The van der Waals surface area contributed by atoms with Crippen LogP contribution in [0.5, 0.6) is 0 Å². The number of amides is 1. The molecule has 0 aliphatic carbocycles. The Hall–Kier alpha value is -3.07. The zero-order chi connectivity index (χ0) is 19.1. The number of allylic oxidation sites excluding steroid dienone is 1. The lowest BCUT2D eigenvalue weighted by molar-refractivity contribution is -0.104. The smallest absolute Gasteiger partial charge is 0.399 e. The Balaban J connectivity index is 2.08. The van der Waals surface area contributed by atoms with Crippen LogP contribution in [-0.2, 0) is 5.72 Å². The number of nitrogens with zero attached hydrogens (tertiary/aromatic N) is 1. The highest BCUT2D eigenvalue weighted by Crippen LogP contribution is 2.38. The number of carbonyl (C=O) groups excluding carboxylic acids is 1. The van der Waals surface area contributed by atoms with Crippen molar-refractivity contribution in [3.63, 3.8) is 0 Å². The monoisotopic (exact) mass is 367 g/mol. The summed E-state index contributed by atoms with van der Waals surface area (Å²) in [7, 11) is 0. The van der Waals surface area contributed by atoms with Gasteiger partial charge in [-0.1, -0.05) is 18.2 Å². The van der Waals surface area contributed by atoms with Gasteiger partial charge in [0.1, 0.15) is 11.5 Å². The van der Waals surface area contributed by atoms with E-state index in [1.165, 1.54) is 24.3 Å². The summed E-state index contributed by atoms with van der Waals surface area (Å²) in [5, 5.41) is 11.3. The number of halogens is 4. The van der Waals surface area contributed by atoms with E-state index in [1.807, 2.05) is 5.43 Å². The third-order valence-electron chi connectivity index (χ3n) is 3.83. The number of benzene rings is 2. The molecule has 3 rings (SSSR count). The first-order chi connectivity index (χ1) is 12.1. The van der Waals surface area contributed by atoms with E-state index in [9.17, 15) is 27.5 Å². The number of anilines is 1. The van der Waals surface area contributed by atoms with Gasteiger partial charge in [0.05, 0.1) is 0 Å². The van der Waals surface area contributed by atoms with Crippen LogP contribution < -0.4 is 11.2 Å². The number of alkyl halides is 3. The molecule has 1 aliphatic rings. The van der Waals surface area contributed by atoms with Crippen LogP contribution in [0, 0.1) is 5.82 Å². The van der Waals surface area contributed by atoms with E-state index in [-0.39, 0.29) is 16.8 Å². The maximum atomic E-state index is 13.1. The van der Waals surface area contributed by atoms with Gasteiger partial charge in [-0.2, -0.15) is 13.2 Å². The van der Waals surface area contributed by atoms with Crippen LogP contribution in [0.4, 0.5) is 23.2 Å². The van der Waals surface area contributed by atoms with Gasteiger partial charge in [0.2, 0.25) is 5.72 Å². The van der Waals surface area contributed by atoms with E-state index in [4.69, 9.17) is 5.73 Å². The van der Waals surface area contributed by atoms with Crippen molar-refractivity contribution in [3.05, 3.63) is 77.2 Å². The van der Waals surface area contributed by atoms with Gasteiger partial charge in [-0.3, -0.25) is 10.2 Å². The Morgan fingerprint density at radius 1 is 1.15 bits per heavy atom. The zero-order valence-corrected chi connectivity index (χ0v) is 13.1. The molecule has 9 heteroatoms. The van der Waals surface area contributed by atoms with Crippen molar-refractivity contribution < 1.29 is 27.5 Å². The van der Waals surface area contributed by atoms with Gasteiger partial charge >= 0.3 is 6.18 Å². The fourth-order valence-corrected chi connectivity index (χ4v) is 2.56. The second kappa shape index (κ2) is 6.03. The number of hydrazine groups is 1. The molecule has 2 aromatic rings. The summed E-state index contributed by atoms with van der Waals surface area (Å²) in [6.07, 6.45) is -4.37. The lowest BCUT2D eigenvalue weighted by Crippen LogP contribution is -2.51. The maximum absolute atomic E-state index is 13.1. The molecule has 4 N–H and O–H groups in total. The molecule has 0 saturated carbocycles. The van der Waals surface area contributed by atoms with Crippen molar-refractivity contribution in [2.24, 2.45) is 0 Å². The topological polar surface area (TPSA) is 78.6 Å². The van der Waals surface area contributed by atoms with Gasteiger partial charge in [0.15, 0.2) is 0 Å². The van der Waals surface area contributed by atoms with E-state index in [0.29, 0.717) is 11.1 Å². The molecule has 0 saturated heterocycles. The second-order valence-electron chi connectivity index (χ2n) is 5.67. The van der Waals surface area contributed by atoms with Gasteiger partial charge in [0.25, 0.3) is 5.91 Å². The summed E-state index contributed by atoms with van der Waals surface area (Å²) in [6.45, 7) is 0. The van der Waals surface area contributed by atoms with Crippen molar-refractivity contribution in [3.8, 4) is 0 Å². The van der Waals surface area contributed by atoms with Gasteiger partial charge in [-0.25, -0.2) is 9.40 Å². The zero-order valence-electron chi connectivity index (χ0n) is 13.1. The molecule has 0 radical (unpaired) electrons. The van der Waals surface area contributed by atoms with Crippen LogP contribution in [0.3, 0.4) is 0 Å². The fraction of sp³-hybridized carbons (Fsp3) is 0.118. The van der Waals surface area contributed by atoms with Crippen molar-refractivity contribution in [2.75, 3.05) is 5.73 Å². The van der Waals surface area contributed by atoms with Gasteiger partial charge in [-0.15, -0.1) is 0 Å². The Bertz CT molecular complexity index is 880. The number of nitrogens with one attached hydrogen (secondary N) is 1. The molecular formula is C17H13F4N3O2. The van der Waals surface area contributed by atoms with E-state index in [2.05, 4.69) is 0 Å². The van der Waals surface area contributed by atoms with Crippen LogP contribution >= 0.6 is 0 Å². The highest BCUT2D eigenvalue weighted by Gasteiger charge is 2.50. The van der Waals surface area contributed by atoms with Crippen molar-refractivity contribution >= 4 is 11.6 Å². The number of hydrogen-bond acceptors (Lipinski definition) is 4. The summed E-state index contributed by atoms with van der Waals surface area (Å²) < 4.78 is 52.5. The summed E-state index contributed by atoms with van der Waals surface area (Å²) in [4.78, 5) is 12.7. The quantitative estimate of drug-likeness (QED) is 0.563. The van der Waals surface area contributed by atoms with Crippen LogP contribution in [0.25, 0.3) is 0 Å². The summed E-state index contributed by atoms with van der Waals surface area (Å²) in [5.41, 5.74) is 3.77. The minimum atomic E-state index is -4.83. The predicted molar refractivity (Wildman–Crippen MR) is 84.6 cm³/mol. The molecule has 1 heterocycles. The lowest BCUT2D eigenvalue weighted by atomic mass is 10.0. The third kappa shape index (κ3) is 3.08. The van der Waals surface area contributed by atoms with Crippen LogP contribution in [0.2, 0.25) is 0 Å². The van der Waals surface area contributed by atoms with Crippen LogP contribution in [-0.4, -0.2) is 22.2 Å². The Morgan fingerprint density at radius 3 is 2.38 bits per heavy atom. The van der Waals surface area contributed by atoms with E-state index in [0.717, 1.165) is 24.3 Å². The number of aliphatic hydroxyl groups is 1. The molecule has 0 fully saturated rings. The largest absolute Gasteiger partial charge is 0.432 e. The highest BCUT2D eigenvalue weighted by atomic mass is 19.4. The minimum absolute atomic E-state index is 0.0325. The Morgan fingerprint density at radius 2 is 1.81 bits per heavy atom. The molecule has 1 aliphatic heterocycles. The van der Waals surface area contributed by atoms with Crippen LogP contribution in [0.1, 0.15) is 15.9 Å². The molecule has 1 unspecified atom stereocenters.